The minimum atomic E-state index is 0.182. The van der Waals surface area contributed by atoms with Crippen molar-refractivity contribution in [3.05, 3.63) is 11.8 Å². The molecule has 1 heterocycles. The first-order chi connectivity index (χ1) is 7.77. The summed E-state index contributed by atoms with van der Waals surface area (Å²) in [7, 11) is 1.78. The zero-order valence-electron chi connectivity index (χ0n) is 11.1. The molecule has 1 atom stereocenters. The predicted octanol–water partition coefficient (Wildman–Crippen LogP) is 2.39. The van der Waals surface area contributed by atoms with Crippen molar-refractivity contribution in [2.45, 2.75) is 40.2 Å². The Morgan fingerprint density at radius 2 is 2.00 bits per heavy atom. The molecule has 0 aromatic carbocycles. The van der Waals surface area contributed by atoms with Gasteiger partial charge in [0, 0.05) is 18.8 Å². The number of nitrogens with one attached hydrogen (secondary N) is 2. The van der Waals surface area contributed by atoms with Crippen molar-refractivity contribution in [3.63, 3.8) is 0 Å². The molecule has 1 aliphatic heterocycles. The predicted molar refractivity (Wildman–Crippen MR) is 80.8 cm³/mol. The number of hydrogen-bond acceptors (Lipinski definition) is 2. The minimum absolute atomic E-state index is 0.182. The maximum absolute atomic E-state index is 5.43. The molecule has 2 N–H and O–H groups in total. The smallest absolute Gasteiger partial charge is 0.179 e. The Labute approximate surface area is 115 Å². The molecule has 0 saturated heterocycles. The monoisotopic (exact) mass is 271 g/mol. The maximum atomic E-state index is 5.43. The molecule has 5 heteroatoms. The SMILES string of the molecule is CNC(=S)NC(=S)N1C(C)=CCC1C(C)(C)C. The highest BCUT2D eigenvalue weighted by Crippen LogP contribution is 2.34. The normalized spacial score (nSPS) is 19.9. The number of rotatable bonds is 0. The Morgan fingerprint density at radius 3 is 2.47 bits per heavy atom. The first-order valence-corrected chi connectivity index (χ1v) is 6.57. The average molecular weight is 271 g/mol. The second-order valence-electron chi connectivity index (χ2n) is 5.34. The van der Waals surface area contributed by atoms with E-state index in [0.29, 0.717) is 16.3 Å². The van der Waals surface area contributed by atoms with Gasteiger partial charge in [-0.05, 0) is 43.2 Å². The molecule has 1 rings (SSSR count). The van der Waals surface area contributed by atoms with E-state index in [1.807, 2.05) is 0 Å². The topological polar surface area (TPSA) is 27.3 Å². The van der Waals surface area contributed by atoms with Gasteiger partial charge in [-0.2, -0.15) is 0 Å². The zero-order chi connectivity index (χ0) is 13.2. The van der Waals surface area contributed by atoms with E-state index in [9.17, 15) is 0 Å². The van der Waals surface area contributed by atoms with Gasteiger partial charge in [0.1, 0.15) is 0 Å². The van der Waals surface area contributed by atoms with Crippen molar-refractivity contribution in [2.75, 3.05) is 7.05 Å². The minimum Gasteiger partial charge on any atom is -0.365 e. The van der Waals surface area contributed by atoms with Gasteiger partial charge >= 0.3 is 0 Å². The standard InChI is InChI=1S/C12H21N3S2/c1-8-6-7-9(12(2,3)4)15(8)11(17)14-10(16)13-5/h6,9H,7H2,1-5H3,(H2,13,14,16,17). The van der Waals surface area contributed by atoms with Gasteiger partial charge in [0.15, 0.2) is 10.2 Å². The second-order valence-corrected chi connectivity index (χ2v) is 6.14. The van der Waals surface area contributed by atoms with Gasteiger partial charge in [-0.1, -0.05) is 26.8 Å². The first-order valence-electron chi connectivity index (χ1n) is 5.76. The summed E-state index contributed by atoms with van der Waals surface area (Å²) in [5.41, 5.74) is 1.38. The first kappa shape index (κ1) is 14.4. The van der Waals surface area contributed by atoms with Crippen molar-refractivity contribution < 1.29 is 0 Å². The van der Waals surface area contributed by atoms with Crippen molar-refractivity contribution in [2.24, 2.45) is 5.41 Å². The van der Waals surface area contributed by atoms with Gasteiger partial charge in [0.2, 0.25) is 0 Å². The molecule has 96 valence electrons. The van der Waals surface area contributed by atoms with E-state index in [-0.39, 0.29) is 5.41 Å². The molecule has 0 amide bonds. The molecule has 3 nitrogen and oxygen atoms in total. The fourth-order valence-electron chi connectivity index (χ4n) is 1.99. The molecule has 1 unspecified atom stereocenters. The number of allylic oxidation sites excluding steroid dienone is 1. The van der Waals surface area contributed by atoms with E-state index in [2.05, 4.69) is 49.3 Å². The lowest BCUT2D eigenvalue weighted by atomic mass is 9.85. The molecule has 17 heavy (non-hydrogen) atoms. The maximum Gasteiger partial charge on any atom is 0.179 e. The van der Waals surface area contributed by atoms with Crippen LogP contribution in [0, 0.1) is 5.41 Å². The number of hydrogen-bond donors (Lipinski definition) is 2. The van der Waals surface area contributed by atoms with Crippen LogP contribution in [0.4, 0.5) is 0 Å². The Kier molecular flexibility index (Phi) is 4.49. The third kappa shape index (κ3) is 3.39. The second kappa shape index (κ2) is 5.31. The van der Waals surface area contributed by atoms with Gasteiger partial charge in [0.05, 0.1) is 0 Å². The summed E-state index contributed by atoms with van der Waals surface area (Å²) in [6.07, 6.45) is 3.26. The highest BCUT2D eigenvalue weighted by molar-refractivity contribution is 7.81. The van der Waals surface area contributed by atoms with Crippen LogP contribution in [0.5, 0.6) is 0 Å². The quantitative estimate of drug-likeness (QED) is 0.660. The molecule has 0 spiro atoms. The Bertz CT molecular complexity index is 355. The Hall–Kier alpha value is -0.680. The van der Waals surface area contributed by atoms with E-state index in [4.69, 9.17) is 24.4 Å². The highest BCUT2D eigenvalue weighted by atomic mass is 32.1. The molecule has 0 aromatic heterocycles. The third-order valence-corrected chi connectivity index (χ3v) is 3.60. The van der Waals surface area contributed by atoms with Gasteiger partial charge in [-0.15, -0.1) is 0 Å². The average Bonchev–Trinajstić information content (AvgIpc) is 2.59. The molecule has 0 aromatic rings. The van der Waals surface area contributed by atoms with E-state index >= 15 is 0 Å². The molecule has 0 radical (unpaired) electrons. The molecular formula is C12H21N3S2. The van der Waals surface area contributed by atoms with Crippen LogP contribution >= 0.6 is 24.4 Å². The molecular weight excluding hydrogens is 250 g/mol. The largest absolute Gasteiger partial charge is 0.365 e. The van der Waals surface area contributed by atoms with Crippen LogP contribution in [-0.2, 0) is 0 Å². The van der Waals surface area contributed by atoms with Crippen LogP contribution in [0.15, 0.2) is 11.8 Å². The van der Waals surface area contributed by atoms with E-state index < -0.39 is 0 Å². The lowest BCUT2D eigenvalue weighted by molar-refractivity contribution is 0.215. The van der Waals surface area contributed by atoms with Crippen LogP contribution in [0.1, 0.15) is 34.1 Å². The molecule has 0 aliphatic carbocycles. The lowest BCUT2D eigenvalue weighted by Gasteiger charge is -2.37. The molecule has 0 saturated carbocycles. The van der Waals surface area contributed by atoms with Crippen molar-refractivity contribution in [1.82, 2.24) is 15.5 Å². The molecule has 1 aliphatic rings. The van der Waals surface area contributed by atoms with E-state index in [1.54, 1.807) is 7.05 Å². The summed E-state index contributed by atoms with van der Waals surface area (Å²) in [6.45, 7) is 8.78. The molecule has 0 bridgehead atoms. The fourth-order valence-corrected chi connectivity index (χ4v) is 2.53. The Balaban J connectivity index is 2.82. The van der Waals surface area contributed by atoms with E-state index in [1.165, 1.54) is 5.70 Å². The third-order valence-electron chi connectivity index (χ3n) is 2.99. The fraction of sp³-hybridized carbons (Fsp3) is 0.667. The molecule has 0 fully saturated rings. The summed E-state index contributed by atoms with van der Waals surface area (Å²) in [5.74, 6) is 0. The number of nitrogens with zero attached hydrogens (tertiary/aromatic N) is 1. The summed E-state index contributed by atoms with van der Waals surface area (Å²) >= 11 is 10.5. The van der Waals surface area contributed by atoms with Crippen molar-refractivity contribution in [3.8, 4) is 0 Å². The van der Waals surface area contributed by atoms with Crippen LogP contribution in [-0.4, -0.2) is 28.2 Å². The van der Waals surface area contributed by atoms with E-state index in [0.717, 1.165) is 6.42 Å². The summed E-state index contributed by atoms with van der Waals surface area (Å²) in [5, 5.41) is 7.15. The van der Waals surface area contributed by atoms with Crippen LogP contribution in [0.2, 0.25) is 0 Å². The highest BCUT2D eigenvalue weighted by Gasteiger charge is 2.35. The summed E-state index contributed by atoms with van der Waals surface area (Å²) < 4.78 is 0. The van der Waals surface area contributed by atoms with Gasteiger partial charge < -0.3 is 15.5 Å². The van der Waals surface area contributed by atoms with Crippen LogP contribution in [0.25, 0.3) is 0 Å². The van der Waals surface area contributed by atoms with Gasteiger partial charge in [0.25, 0.3) is 0 Å². The zero-order valence-corrected chi connectivity index (χ0v) is 12.8. The van der Waals surface area contributed by atoms with Crippen molar-refractivity contribution in [1.29, 1.82) is 0 Å². The van der Waals surface area contributed by atoms with Crippen molar-refractivity contribution >= 4 is 34.7 Å². The van der Waals surface area contributed by atoms with Crippen LogP contribution in [0.3, 0.4) is 0 Å². The lowest BCUT2D eigenvalue weighted by Crippen LogP contribution is -2.50. The summed E-state index contributed by atoms with van der Waals surface area (Å²) in [4.78, 5) is 2.17. The summed E-state index contributed by atoms with van der Waals surface area (Å²) in [6, 6.07) is 0.391. The Morgan fingerprint density at radius 1 is 1.41 bits per heavy atom. The van der Waals surface area contributed by atoms with Gasteiger partial charge in [-0.25, -0.2) is 0 Å². The van der Waals surface area contributed by atoms with Crippen LogP contribution < -0.4 is 10.6 Å². The van der Waals surface area contributed by atoms with Gasteiger partial charge in [-0.3, -0.25) is 0 Å². The number of thiocarbonyl (C=S) groups is 2.